The second kappa shape index (κ2) is 9.26. The van der Waals surface area contributed by atoms with E-state index in [4.69, 9.17) is 14.9 Å². The third kappa shape index (κ3) is 6.39. The Balaban J connectivity index is 0.000000345. The third-order valence-corrected chi connectivity index (χ3v) is 4.38. The van der Waals surface area contributed by atoms with Gasteiger partial charge in [-0.1, -0.05) is 0 Å². The number of aliphatic carboxylic acids is 1. The Kier molecular flexibility index (Phi) is 7.28. The van der Waals surface area contributed by atoms with E-state index in [0.29, 0.717) is 6.54 Å². The maximum absolute atomic E-state index is 12.1. The van der Waals surface area contributed by atoms with Crippen molar-refractivity contribution in [2.75, 3.05) is 19.6 Å². The van der Waals surface area contributed by atoms with Crippen LogP contribution >= 0.6 is 0 Å². The maximum Gasteiger partial charge on any atom is 0.490 e. The van der Waals surface area contributed by atoms with Crippen LogP contribution in [0, 0.1) is 0 Å². The number of rotatable bonds is 3. The van der Waals surface area contributed by atoms with Gasteiger partial charge in [-0.05, 0) is 39.8 Å². The normalized spacial score (nSPS) is 17.1. The molecule has 28 heavy (non-hydrogen) atoms. The fourth-order valence-corrected chi connectivity index (χ4v) is 3.07. The maximum atomic E-state index is 12.1. The summed E-state index contributed by atoms with van der Waals surface area (Å²) >= 11 is 0. The highest BCUT2D eigenvalue weighted by Crippen LogP contribution is 2.16. The van der Waals surface area contributed by atoms with Gasteiger partial charge in [-0.2, -0.15) is 13.2 Å². The molecule has 8 nitrogen and oxygen atoms in total. The Morgan fingerprint density at radius 1 is 1.21 bits per heavy atom. The molecule has 158 valence electrons. The number of halogens is 3. The summed E-state index contributed by atoms with van der Waals surface area (Å²) in [7, 11) is 0. The van der Waals surface area contributed by atoms with Gasteiger partial charge in [0, 0.05) is 31.9 Å². The van der Waals surface area contributed by atoms with Crippen molar-refractivity contribution in [1.29, 1.82) is 0 Å². The smallest absolute Gasteiger partial charge is 0.475 e. The highest BCUT2D eigenvalue weighted by Gasteiger charge is 2.38. The molecular formula is C17H26F3N5O3. The largest absolute Gasteiger partial charge is 0.490 e. The minimum absolute atomic E-state index is 0.0142. The summed E-state index contributed by atoms with van der Waals surface area (Å²) in [5.74, 6) is -1.75. The first kappa shape index (κ1) is 22.0. The van der Waals surface area contributed by atoms with Crippen LogP contribution in [-0.4, -0.2) is 68.3 Å². The molecule has 0 radical (unpaired) electrons. The number of amides is 2. The van der Waals surface area contributed by atoms with Gasteiger partial charge >= 0.3 is 18.2 Å². The van der Waals surface area contributed by atoms with Gasteiger partial charge in [-0.3, -0.25) is 4.90 Å². The third-order valence-electron chi connectivity index (χ3n) is 4.38. The number of carboxylic acids is 1. The Bertz CT molecular complexity index is 684. The highest BCUT2D eigenvalue weighted by molar-refractivity contribution is 5.74. The molecule has 3 heterocycles. The summed E-state index contributed by atoms with van der Waals surface area (Å²) in [6.45, 7) is 9.49. The van der Waals surface area contributed by atoms with Gasteiger partial charge < -0.3 is 19.9 Å². The minimum atomic E-state index is -5.08. The molecule has 0 bridgehead atoms. The zero-order chi connectivity index (χ0) is 20.9. The second-order valence-electron chi connectivity index (χ2n) is 7.15. The quantitative estimate of drug-likeness (QED) is 0.803. The van der Waals surface area contributed by atoms with E-state index in [1.54, 1.807) is 0 Å². The number of carbonyl (C=O) groups excluding carboxylic acids is 1. The van der Waals surface area contributed by atoms with Gasteiger partial charge in [0.05, 0.1) is 12.2 Å². The highest BCUT2D eigenvalue weighted by atomic mass is 19.4. The van der Waals surface area contributed by atoms with Crippen LogP contribution in [0.1, 0.15) is 38.2 Å². The van der Waals surface area contributed by atoms with Crippen molar-refractivity contribution in [2.24, 2.45) is 0 Å². The number of hydrogen-bond acceptors (Lipinski definition) is 4. The van der Waals surface area contributed by atoms with Crippen molar-refractivity contribution in [3.63, 3.8) is 0 Å². The Hall–Kier alpha value is -2.30. The van der Waals surface area contributed by atoms with Gasteiger partial charge in [-0.15, -0.1) is 0 Å². The number of fused-ring (bicyclic) bond motifs is 1. The first-order valence-electron chi connectivity index (χ1n) is 9.19. The molecule has 11 heteroatoms. The van der Waals surface area contributed by atoms with E-state index in [2.05, 4.69) is 21.0 Å². The molecule has 1 fully saturated rings. The van der Waals surface area contributed by atoms with Crippen LogP contribution < -0.4 is 5.32 Å². The first-order chi connectivity index (χ1) is 13.1. The number of carbonyl (C=O) groups is 2. The van der Waals surface area contributed by atoms with E-state index in [0.717, 1.165) is 31.2 Å². The lowest BCUT2D eigenvalue weighted by Crippen LogP contribution is -2.46. The molecule has 1 aromatic heterocycles. The molecule has 2 aliphatic rings. The molecule has 0 unspecified atom stereocenters. The molecule has 2 N–H and O–H groups in total. The zero-order valence-corrected chi connectivity index (χ0v) is 16.0. The van der Waals surface area contributed by atoms with Gasteiger partial charge in [0.15, 0.2) is 0 Å². The molecule has 0 spiro atoms. The zero-order valence-electron chi connectivity index (χ0n) is 16.0. The van der Waals surface area contributed by atoms with E-state index in [1.165, 1.54) is 25.9 Å². The Morgan fingerprint density at radius 2 is 1.82 bits per heavy atom. The predicted molar refractivity (Wildman–Crippen MR) is 94.5 cm³/mol. The number of carboxylic acid groups (broad SMARTS) is 1. The first-order valence-corrected chi connectivity index (χ1v) is 9.19. The Labute approximate surface area is 161 Å². The number of alkyl halides is 3. The van der Waals surface area contributed by atoms with Crippen molar-refractivity contribution in [2.45, 2.75) is 58.5 Å². The van der Waals surface area contributed by atoms with E-state index in [1.807, 2.05) is 18.7 Å². The summed E-state index contributed by atoms with van der Waals surface area (Å²) in [6, 6.07) is 0.185. The molecule has 0 aromatic carbocycles. The van der Waals surface area contributed by atoms with E-state index in [9.17, 15) is 18.0 Å². The molecule has 2 aliphatic heterocycles. The summed E-state index contributed by atoms with van der Waals surface area (Å²) in [6.07, 6.45) is -0.321. The molecule has 1 aromatic rings. The van der Waals surface area contributed by atoms with Crippen LogP contribution in [0.4, 0.5) is 18.0 Å². The second-order valence-corrected chi connectivity index (χ2v) is 7.15. The van der Waals surface area contributed by atoms with Gasteiger partial charge in [0.25, 0.3) is 0 Å². The topological polar surface area (TPSA) is 90.7 Å². The summed E-state index contributed by atoms with van der Waals surface area (Å²) in [5, 5.41) is 10.1. The summed E-state index contributed by atoms with van der Waals surface area (Å²) in [5.41, 5.74) is 1.14. The standard InChI is InChI=1S/C15H25N5O.C2HF3O2/c1-12(2)16-15(21)20-8-7-19-10-13(17-14(19)11-20)9-18-5-3-4-6-18;3-2(4,5)1(6)7/h10,12H,3-9,11H2,1-2H3,(H,16,21);(H,6,7). The van der Waals surface area contributed by atoms with Gasteiger partial charge in [0.2, 0.25) is 0 Å². The van der Waals surface area contributed by atoms with Crippen LogP contribution in [0.15, 0.2) is 6.20 Å². The number of urea groups is 1. The van der Waals surface area contributed by atoms with Crippen molar-refractivity contribution >= 4 is 12.0 Å². The minimum Gasteiger partial charge on any atom is -0.475 e. The monoisotopic (exact) mass is 405 g/mol. The summed E-state index contributed by atoms with van der Waals surface area (Å²) < 4.78 is 33.9. The fraction of sp³-hybridized carbons (Fsp3) is 0.706. The lowest BCUT2D eigenvalue weighted by Gasteiger charge is -2.28. The van der Waals surface area contributed by atoms with Gasteiger partial charge in [0.1, 0.15) is 5.82 Å². The SMILES string of the molecule is CC(C)NC(=O)N1CCn2cc(CN3CCCC3)nc2C1.O=C(O)C(F)(F)F. The van der Waals surface area contributed by atoms with E-state index in [-0.39, 0.29) is 12.1 Å². The molecule has 1 saturated heterocycles. The van der Waals surface area contributed by atoms with Crippen molar-refractivity contribution in [3.8, 4) is 0 Å². The van der Waals surface area contributed by atoms with Crippen LogP contribution in [0.3, 0.4) is 0 Å². The number of nitrogens with zero attached hydrogens (tertiary/aromatic N) is 4. The van der Waals surface area contributed by atoms with Crippen molar-refractivity contribution < 1.29 is 27.9 Å². The van der Waals surface area contributed by atoms with Crippen LogP contribution in [-0.2, 0) is 24.4 Å². The average Bonchev–Trinajstić information content (AvgIpc) is 3.22. The lowest BCUT2D eigenvalue weighted by molar-refractivity contribution is -0.192. The van der Waals surface area contributed by atoms with Gasteiger partial charge in [-0.25, -0.2) is 14.6 Å². The molecule has 2 amide bonds. The molecular weight excluding hydrogens is 379 g/mol. The molecule has 0 aliphatic carbocycles. The predicted octanol–water partition coefficient (Wildman–Crippen LogP) is 2.05. The Morgan fingerprint density at radius 3 is 2.36 bits per heavy atom. The lowest BCUT2D eigenvalue weighted by atomic mass is 10.3. The van der Waals surface area contributed by atoms with Crippen LogP contribution in [0.25, 0.3) is 0 Å². The number of likely N-dealkylation sites (tertiary alicyclic amines) is 1. The summed E-state index contributed by atoms with van der Waals surface area (Å²) in [4.78, 5) is 30.0. The number of hydrogen-bond donors (Lipinski definition) is 2. The number of aromatic nitrogens is 2. The molecule has 3 rings (SSSR count). The van der Waals surface area contributed by atoms with Crippen molar-refractivity contribution in [3.05, 3.63) is 17.7 Å². The van der Waals surface area contributed by atoms with Crippen LogP contribution in [0.5, 0.6) is 0 Å². The number of nitrogens with one attached hydrogen (secondary N) is 1. The molecule has 0 saturated carbocycles. The van der Waals surface area contributed by atoms with Crippen LogP contribution in [0.2, 0.25) is 0 Å². The number of imidazole rings is 1. The van der Waals surface area contributed by atoms with E-state index < -0.39 is 12.1 Å². The average molecular weight is 405 g/mol. The van der Waals surface area contributed by atoms with E-state index >= 15 is 0 Å². The molecule has 0 atom stereocenters. The van der Waals surface area contributed by atoms with Crippen molar-refractivity contribution in [1.82, 2.24) is 24.7 Å². The fourth-order valence-electron chi connectivity index (χ4n) is 3.07.